The smallest absolute Gasteiger partial charge is 0.206 e. The van der Waals surface area contributed by atoms with E-state index in [4.69, 9.17) is 0 Å². The van der Waals surface area contributed by atoms with Crippen molar-refractivity contribution in [1.29, 1.82) is 0 Å². The van der Waals surface area contributed by atoms with Crippen molar-refractivity contribution in [3.63, 3.8) is 0 Å². The third-order valence-electron chi connectivity index (χ3n) is 2.70. The lowest BCUT2D eigenvalue weighted by molar-refractivity contribution is 0.786. The molecule has 0 bridgehead atoms. The number of pyridine rings is 1. The number of hydrogen-bond acceptors (Lipinski definition) is 4. The predicted molar refractivity (Wildman–Crippen MR) is 80.1 cm³/mol. The van der Waals surface area contributed by atoms with Gasteiger partial charge >= 0.3 is 0 Å². The summed E-state index contributed by atoms with van der Waals surface area (Å²) >= 11 is 1.65. The van der Waals surface area contributed by atoms with Gasteiger partial charge in [-0.2, -0.15) is 5.10 Å². The number of hydrogen-bond donors (Lipinski definition) is 0. The zero-order valence-corrected chi connectivity index (χ0v) is 12.2. The second-order valence-electron chi connectivity index (χ2n) is 4.36. The van der Waals surface area contributed by atoms with E-state index in [0.29, 0.717) is 6.04 Å². The molecule has 19 heavy (non-hydrogen) atoms. The summed E-state index contributed by atoms with van der Waals surface area (Å²) in [5.74, 6) is 0. The van der Waals surface area contributed by atoms with Crippen molar-refractivity contribution in [1.82, 2.24) is 9.66 Å². The lowest BCUT2D eigenvalue weighted by Gasteiger charge is -1.97. The van der Waals surface area contributed by atoms with E-state index < -0.39 is 0 Å². The minimum atomic E-state index is 0. The normalized spacial score (nSPS) is 15.7. The molecular weight excluding hydrogens is 280 g/mol. The van der Waals surface area contributed by atoms with E-state index in [2.05, 4.69) is 20.5 Å². The molecule has 0 amide bonds. The summed E-state index contributed by atoms with van der Waals surface area (Å²) in [6, 6.07) is 4.40. The quantitative estimate of drug-likeness (QED) is 0.803. The van der Waals surface area contributed by atoms with Gasteiger partial charge in [0.2, 0.25) is 4.80 Å². The van der Waals surface area contributed by atoms with E-state index >= 15 is 0 Å². The topological polar surface area (TPSA) is 42.5 Å². The minimum Gasteiger partial charge on any atom is -0.264 e. The lowest BCUT2D eigenvalue weighted by Crippen LogP contribution is -2.13. The number of rotatable bonds is 3. The molecule has 2 aromatic rings. The predicted octanol–water partition coefficient (Wildman–Crippen LogP) is 2.62. The van der Waals surface area contributed by atoms with Crippen molar-refractivity contribution in [3.8, 4) is 0 Å². The van der Waals surface area contributed by atoms with Gasteiger partial charge in [0.15, 0.2) is 0 Å². The number of thiazole rings is 1. The van der Waals surface area contributed by atoms with Gasteiger partial charge in [0.1, 0.15) is 0 Å². The van der Waals surface area contributed by atoms with Gasteiger partial charge < -0.3 is 0 Å². The molecule has 2 heterocycles. The molecule has 0 aliphatic heterocycles. The fourth-order valence-electron chi connectivity index (χ4n) is 1.55. The molecular formula is C13H15ClN4S. The van der Waals surface area contributed by atoms with Gasteiger partial charge in [-0.05, 0) is 25.8 Å². The maximum Gasteiger partial charge on any atom is 0.206 e. The molecule has 6 heteroatoms. The summed E-state index contributed by atoms with van der Waals surface area (Å²) in [5, 5.41) is 6.57. The van der Waals surface area contributed by atoms with Crippen LogP contribution in [-0.2, 0) is 0 Å². The summed E-state index contributed by atoms with van der Waals surface area (Å²) in [5.41, 5.74) is 2.10. The Morgan fingerprint density at radius 1 is 1.47 bits per heavy atom. The molecule has 0 saturated heterocycles. The van der Waals surface area contributed by atoms with Gasteiger partial charge in [0.05, 0.1) is 18.0 Å². The lowest BCUT2D eigenvalue weighted by atomic mass is 10.3. The van der Waals surface area contributed by atoms with Crippen LogP contribution < -0.4 is 4.80 Å². The Labute approximate surface area is 122 Å². The summed E-state index contributed by atoms with van der Waals surface area (Å²) < 4.78 is 1.90. The molecule has 0 radical (unpaired) electrons. The van der Waals surface area contributed by atoms with Gasteiger partial charge in [0, 0.05) is 23.3 Å². The van der Waals surface area contributed by atoms with E-state index in [-0.39, 0.29) is 12.4 Å². The third-order valence-corrected chi connectivity index (χ3v) is 3.64. The van der Waals surface area contributed by atoms with Crippen LogP contribution in [0.4, 0.5) is 0 Å². The number of aromatic nitrogens is 2. The molecule has 0 N–H and O–H groups in total. The Balaban J connectivity index is 0.00000133. The molecule has 1 aliphatic rings. The van der Waals surface area contributed by atoms with Crippen LogP contribution >= 0.6 is 23.7 Å². The van der Waals surface area contributed by atoms with Crippen molar-refractivity contribution >= 4 is 30.0 Å². The van der Waals surface area contributed by atoms with Crippen LogP contribution in [0.2, 0.25) is 0 Å². The Morgan fingerprint density at radius 3 is 3.00 bits per heavy atom. The minimum absolute atomic E-state index is 0. The SMILES string of the molecule is Cc1csc(=NC2CC2)n1N=Cc1cccnc1.Cl. The molecule has 100 valence electrons. The highest BCUT2D eigenvalue weighted by atomic mass is 35.5. The van der Waals surface area contributed by atoms with Gasteiger partial charge in [0.25, 0.3) is 0 Å². The van der Waals surface area contributed by atoms with Crippen LogP contribution in [0.5, 0.6) is 0 Å². The molecule has 0 spiro atoms. The Bertz CT molecular complexity index is 626. The summed E-state index contributed by atoms with van der Waals surface area (Å²) in [6.45, 7) is 2.04. The van der Waals surface area contributed by atoms with Crippen molar-refractivity contribution < 1.29 is 0 Å². The number of halogens is 1. The van der Waals surface area contributed by atoms with E-state index in [0.717, 1.165) is 16.1 Å². The van der Waals surface area contributed by atoms with Gasteiger partial charge in [-0.1, -0.05) is 6.07 Å². The first-order valence-corrected chi connectivity index (χ1v) is 6.86. The van der Waals surface area contributed by atoms with Crippen LogP contribution in [0.3, 0.4) is 0 Å². The fraction of sp³-hybridized carbons (Fsp3) is 0.308. The number of nitrogens with zero attached hydrogens (tertiary/aromatic N) is 4. The Morgan fingerprint density at radius 2 is 2.32 bits per heavy atom. The van der Waals surface area contributed by atoms with E-state index in [9.17, 15) is 0 Å². The standard InChI is InChI=1S/C13H14N4S.ClH/c1-10-9-18-13(16-12-4-5-12)17(10)15-8-11-3-2-6-14-7-11;/h2-3,6-9,12H,4-5H2,1H3;1H. The van der Waals surface area contributed by atoms with Gasteiger partial charge in [-0.15, -0.1) is 23.7 Å². The summed E-state index contributed by atoms with van der Waals surface area (Å²) in [4.78, 5) is 9.70. The highest BCUT2D eigenvalue weighted by molar-refractivity contribution is 7.07. The van der Waals surface area contributed by atoms with Crippen LogP contribution in [0.25, 0.3) is 0 Å². The first-order valence-electron chi connectivity index (χ1n) is 5.98. The molecule has 1 fully saturated rings. The molecule has 3 rings (SSSR count). The number of aryl methyl sites for hydroxylation is 1. The molecule has 4 nitrogen and oxygen atoms in total. The van der Waals surface area contributed by atoms with E-state index in [1.807, 2.05) is 29.9 Å². The van der Waals surface area contributed by atoms with Crippen LogP contribution in [0.1, 0.15) is 24.1 Å². The monoisotopic (exact) mass is 294 g/mol. The molecule has 0 atom stereocenters. The van der Waals surface area contributed by atoms with Crippen molar-refractivity contribution in [3.05, 3.63) is 46.0 Å². The average molecular weight is 295 g/mol. The van der Waals surface area contributed by atoms with Crippen LogP contribution in [0, 0.1) is 6.92 Å². The zero-order chi connectivity index (χ0) is 12.4. The van der Waals surface area contributed by atoms with E-state index in [1.54, 1.807) is 23.7 Å². The second kappa shape index (κ2) is 6.12. The Hall–Kier alpha value is -1.46. The maximum absolute atomic E-state index is 4.66. The summed E-state index contributed by atoms with van der Waals surface area (Å²) in [6.07, 6.45) is 7.79. The molecule has 0 aromatic carbocycles. The Kier molecular flexibility index (Phi) is 4.50. The van der Waals surface area contributed by atoms with Crippen molar-refractivity contribution in [2.45, 2.75) is 25.8 Å². The van der Waals surface area contributed by atoms with Gasteiger partial charge in [-0.3, -0.25) is 9.98 Å². The van der Waals surface area contributed by atoms with Crippen LogP contribution in [-0.4, -0.2) is 21.9 Å². The fourth-order valence-corrected chi connectivity index (χ4v) is 2.43. The largest absolute Gasteiger partial charge is 0.264 e. The second-order valence-corrected chi connectivity index (χ2v) is 5.20. The molecule has 1 saturated carbocycles. The highest BCUT2D eigenvalue weighted by Gasteiger charge is 2.20. The highest BCUT2D eigenvalue weighted by Crippen LogP contribution is 2.22. The van der Waals surface area contributed by atoms with Crippen LogP contribution in [0.15, 0.2) is 40.0 Å². The van der Waals surface area contributed by atoms with Gasteiger partial charge in [-0.25, -0.2) is 4.68 Å². The third kappa shape index (κ3) is 3.52. The summed E-state index contributed by atoms with van der Waals surface area (Å²) in [7, 11) is 0. The maximum atomic E-state index is 4.66. The first-order chi connectivity index (χ1) is 8.83. The molecule has 1 aliphatic carbocycles. The van der Waals surface area contributed by atoms with Crippen molar-refractivity contribution in [2.75, 3.05) is 0 Å². The molecule has 0 unspecified atom stereocenters. The van der Waals surface area contributed by atoms with E-state index in [1.165, 1.54) is 12.8 Å². The molecule has 2 aromatic heterocycles. The average Bonchev–Trinajstić information content (AvgIpc) is 3.14. The first kappa shape index (κ1) is 14.0. The van der Waals surface area contributed by atoms with Crippen molar-refractivity contribution in [2.24, 2.45) is 10.1 Å². The zero-order valence-electron chi connectivity index (χ0n) is 10.6.